The third-order valence-corrected chi connectivity index (χ3v) is 2.58. The fourth-order valence-electron chi connectivity index (χ4n) is 1.20. The van der Waals surface area contributed by atoms with E-state index in [2.05, 4.69) is 20.9 Å². The van der Waals surface area contributed by atoms with Crippen LogP contribution in [-0.2, 0) is 0 Å². The SMILES string of the molecule is O=C(c1cc(Br)ccn1)N1CCC1. The van der Waals surface area contributed by atoms with Gasteiger partial charge < -0.3 is 4.90 Å². The number of carbonyl (C=O) groups is 1. The fourth-order valence-corrected chi connectivity index (χ4v) is 1.54. The van der Waals surface area contributed by atoms with Crippen molar-refractivity contribution in [3.05, 3.63) is 28.5 Å². The zero-order valence-electron chi connectivity index (χ0n) is 7.03. The number of rotatable bonds is 1. The Balaban J connectivity index is 2.19. The van der Waals surface area contributed by atoms with Crippen LogP contribution in [0.3, 0.4) is 0 Å². The van der Waals surface area contributed by atoms with E-state index in [4.69, 9.17) is 0 Å². The summed E-state index contributed by atoms with van der Waals surface area (Å²) in [6.45, 7) is 1.74. The standard InChI is InChI=1S/C9H9BrN2O/c10-7-2-3-11-8(6-7)9(13)12-4-1-5-12/h2-3,6H,1,4-5H2. The molecule has 2 heterocycles. The van der Waals surface area contributed by atoms with Crippen LogP contribution in [0.1, 0.15) is 16.9 Å². The lowest BCUT2D eigenvalue weighted by Gasteiger charge is -2.30. The van der Waals surface area contributed by atoms with Crippen LogP contribution < -0.4 is 0 Å². The van der Waals surface area contributed by atoms with Crippen molar-refractivity contribution in [3.8, 4) is 0 Å². The van der Waals surface area contributed by atoms with Gasteiger partial charge in [0.2, 0.25) is 0 Å². The number of amides is 1. The largest absolute Gasteiger partial charge is 0.337 e. The van der Waals surface area contributed by atoms with Crippen LogP contribution in [-0.4, -0.2) is 28.9 Å². The molecule has 0 radical (unpaired) electrons. The second-order valence-electron chi connectivity index (χ2n) is 3.01. The van der Waals surface area contributed by atoms with Crippen LogP contribution in [0.5, 0.6) is 0 Å². The molecule has 4 heteroatoms. The molecule has 1 aromatic heterocycles. The van der Waals surface area contributed by atoms with E-state index in [1.54, 1.807) is 17.2 Å². The van der Waals surface area contributed by atoms with Crippen molar-refractivity contribution in [3.63, 3.8) is 0 Å². The molecule has 0 N–H and O–H groups in total. The molecule has 0 aliphatic carbocycles. The Kier molecular flexibility index (Phi) is 2.31. The Labute approximate surface area is 84.9 Å². The van der Waals surface area contributed by atoms with E-state index in [1.807, 2.05) is 6.07 Å². The first kappa shape index (κ1) is 8.69. The molecule has 1 fully saturated rings. The number of nitrogens with zero attached hydrogens (tertiary/aromatic N) is 2. The summed E-state index contributed by atoms with van der Waals surface area (Å²) in [5.74, 6) is 0.0348. The molecule has 0 aromatic carbocycles. The van der Waals surface area contributed by atoms with Gasteiger partial charge in [-0.3, -0.25) is 9.78 Å². The normalized spacial score (nSPS) is 15.3. The van der Waals surface area contributed by atoms with E-state index < -0.39 is 0 Å². The highest BCUT2D eigenvalue weighted by atomic mass is 79.9. The van der Waals surface area contributed by atoms with Gasteiger partial charge in [-0.2, -0.15) is 0 Å². The topological polar surface area (TPSA) is 33.2 Å². The molecular weight excluding hydrogens is 232 g/mol. The molecule has 2 rings (SSSR count). The molecule has 1 saturated heterocycles. The smallest absolute Gasteiger partial charge is 0.272 e. The average molecular weight is 241 g/mol. The molecule has 68 valence electrons. The summed E-state index contributed by atoms with van der Waals surface area (Å²) in [6, 6.07) is 3.56. The first-order valence-electron chi connectivity index (χ1n) is 4.18. The van der Waals surface area contributed by atoms with E-state index in [0.29, 0.717) is 5.69 Å². The number of carbonyl (C=O) groups excluding carboxylic acids is 1. The molecule has 1 aliphatic heterocycles. The molecular formula is C9H9BrN2O. The van der Waals surface area contributed by atoms with Crippen molar-refractivity contribution in [2.45, 2.75) is 6.42 Å². The molecule has 1 aromatic rings. The third kappa shape index (κ3) is 1.72. The number of aromatic nitrogens is 1. The van der Waals surface area contributed by atoms with Gasteiger partial charge in [-0.25, -0.2) is 0 Å². The Bertz CT molecular complexity index is 336. The molecule has 13 heavy (non-hydrogen) atoms. The van der Waals surface area contributed by atoms with Crippen molar-refractivity contribution in [2.75, 3.05) is 13.1 Å². The van der Waals surface area contributed by atoms with Crippen LogP contribution in [0.25, 0.3) is 0 Å². The monoisotopic (exact) mass is 240 g/mol. The van der Waals surface area contributed by atoms with Crippen LogP contribution in [0.4, 0.5) is 0 Å². The van der Waals surface area contributed by atoms with Crippen molar-refractivity contribution < 1.29 is 4.79 Å². The minimum atomic E-state index is 0.0348. The van der Waals surface area contributed by atoms with E-state index in [1.165, 1.54) is 0 Å². The molecule has 3 nitrogen and oxygen atoms in total. The number of pyridine rings is 1. The van der Waals surface area contributed by atoms with Gasteiger partial charge in [0.1, 0.15) is 5.69 Å². The maximum absolute atomic E-state index is 11.6. The second-order valence-corrected chi connectivity index (χ2v) is 3.92. The Morgan fingerprint density at radius 3 is 2.85 bits per heavy atom. The lowest BCUT2D eigenvalue weighted by atomic mass is 10.2. The van der Waals surface area contributed by atoms with E-state index in [0.717, 1.165) is 24.0 Å². The van der Waals surface area contributed by atoms with Gasteiger partial charge in [0.05, 0.1) is 0 Å². The highest BCUT2D eigenvalue weighted by molar-refractivity contribution is 9.10. The zero-order chi connectivity index (χ0) is 9.26. The van der Waals surface area contributed by atoms with Crippen LogP contribution >= 0.6 is 15.9 Å². The summed E-state index contributed by atoms with van der Waals surface area (Å²) >= 11 is 3.31. The zero-order valence-corrected chi connectivity index (χ0v) is 8.62. The quantitative estimate of drug-likeness (QED) is 0.749. The summed E-state index contributed by atoms with van der Waals surface area (Å²) in [6.07, 6.45) is 2.75. The molecule has 0 atom stereocenters. The van der Waals surface area contributed by atoms with E-state index in [-0.39, 0.29) is 5.91 Å². The van der Waals surface area contributed by atoms with Crippen LogP contribution in [0, 0.1) is 0 Å². The van der Waals surface area contributed by atoms with E-state index in [9.17, 15) is 4.79 Å². The summed E-state index contributed by atoms with van der Waals surface area (Å²) < 4.78 is 0.895. The number of hydrogen-bond acceptors (Lipinski definition) is 2. The first-order chi connectivity index (χ1) is 6.27. The molecule has 0 spiro atoms. The van der Waals surface area contributed by atoms with Crippen molar-refractivity contribution >= 4 is 21.8 Å². The van der Waals surface area contributed by atoms with Gasteiger partial charge in [0, 0.05) is 23.8 Å². The van der Waals surface area contributed by atoms with Gasteiger partial charge in [-0.15, -0.1) is 0 Å². The molecule has 0 saturated carbocycles. The van der Waals surface area contributed by atoms with Gasteiger partial charge in [-0.05, 0) is 18.6 Å². The minimum Gasteiger partial charge on any atom is -0.337 e. The van der Waals surface area contributed by atoms with Crippen molar-refractivity contribution in [1.82, 2.24) is 9.88 Å². The summed E-state index contributed by atoms with van der Waals surface area (Å²) in [5.41, 5.74) is 0.522. The van der Waals surface area contributed by atoms with Crippen molar-refractivity contribution in [2.24, 2.45) is 0 Å². The minimum absolute atomic E-state index is 0.0348. The predicted molar refractivity (Wildman–Crippen MR) is 52.5 cm³/mol. The highest BCUT2D eigenvalue weighted by Gasteiger charge is 2.22. The highest BCUT2D eigenvalue weighted by Crippen LogP contribution is 2.14. The maximum atomic E-state index is 11.6. The van der Waals surface area contributed by atoms with E-state index >= 15 is 0 Å². The number of halogens is 1. The molecule has 1 aliphatic rings. The predicted octanol–water partition coefficient (Wildman–Crippen LogP) is 1.69. The Morgan fingerprint density at radius 1 is 1.54 bits per heavy atom. The molecule has 1 amide bonds. The van der Waals surface area contributed by atoms with Gasteiger partial charge >= 0.3 is 0 Å². The summed E-state index contributed by atoms with van der Waals surface area (Å²) in [5, 5.41) is 0. The lowest BCUT2D eigenvalue weighted by molar-refractivity contribution is 0.0645. The summed E-state index contributed by atoms with van der Waals surface area (Å²) in [7, 11) is 0. The van der Waals surface area contributed by atoms with Crippen LogP contribution in [0.15, 0.2) is 22.8 Å². The molecule has 0 bridgehead atoms. The number of likely N-dealkylation sites (tertiary alicyclic amines) is 1. The first-order valence-corrected chi connectivity index (χ1v) is 4.97. The maximum Gasteiger partial charge on any atom is 0.272 e. The van der Waals surface area contributed by atoms with Gasteiger partial charge in [0.15, 0.2) is 0 Å². The number of hydrogen-bond donors (Lipinski definition) is 0. The second kappa shape index (κ2) is 3.46. The lowest BCUT2D eigenvalue weighted by Crippen LogP contribution is -2.42. The Hall–Kier alpha value is -0.900. The average Bonchev–Trinajstić information content (AvgIpc) is 2.01. The van der Waals surface area contributed by atoms with Crippen molar-refractivity contribution in [1.29, 1.82) is 0 Å². The fraction of sp³-hybridized carbons (Fsp3) is 0.333. The Morgan fingerprint density at radius 2 is 2.31 bits per heavy atom. The third-order valence-electron chi connectivity index (χ3n) is 2.08. The van der Waals surface area contributed by atoms with Gasteiger partial charge in [-0.1, -0.05) is 15.9 Å². The summed E-state index contributed by atoms with van der Waals surface area (Å²) in [4.78, 5) is 17.4. The van der Waals surface area contributed by atoms with Crippen LogP contribution in [0.2, 0.25) is 0 Å². The van der Waals surface area contributed by atoms with Gasteiger partial charge in [0.25, 0.3) is 5.91 Å². The molecule has 0 unspecified atom stereocenters.